The van der Waals surface area contributed by atoms with Gasteiger partial charge in [0.1, 0.15) is 6.29 Å². The number of rotatable bonds is 6. The Morgan fingerprint density at radius 1 is 1.11 bits per heavy atom. The highest BCUT2D eigenvalue weighted by Gasteiger charge is 2.44. The Labute approximate surface area is 110 Å². The van der Waals surface area contributed by atoms with E-state index >= 15 is 0 Å². The lowest BCUT2D eigenvalue weighted by molar-refractivity contribution is -0.157. The van der Waals surface area contributed by atoms with Gasteiger partial charge in [0, 0.05) is 11.3 Å². The fourth-order valence-electron chi connectivity index (χ4n) is 2.18. The van der Waals surface area contributed by atoms with Crippen LogP contribution < -0.4 is 0 Å². The average Bonchev–Trinajstić information content (AvgIpc) is 2.35. The second-order valence-corrected chi connectivity index (χ2v) is 4.98. The maximum absolute atomic E-state index is 11.2. The first kappa shape index (κ1) is 14.9. The van der Waals surface area contributed by atoms with Gasteiger partial charge in [-0.2, -0.15) is 0 Å². The SMILES string of the molecule is CC(C)(C=O)[C@H](c1ccccc1)C(C(=O)O)C(=O)O. The van der Waals surface area contributed by atoms with Crippen LogP contribution in [-0.4, -0.2) is 28.4 Å². The van der Waals surface area contributed by atoms with Crippen LogP contribution in [0.2, 0.25) is 0 Å². The minimum atomic E-state index is -1.66. The number of aliphatic carboxylic acids is 2. The molecule has 0 bridgehead atoms. The van der Waals surface area contributed by atoms with Gasteiger partial charge in [0.25, 0.3) is 0 Å². The zero-order valence-electron chi connectivity index (χ0n) is 10.7. The molecule has 0 radical (unpaired) electrons. The van der Waals surface area contributed by atoms with Crippen molar-refractivity contribution in [2.24, 2.45) is 11.3 Å². The average molecular weight is 264 g/mol. The van der Waals surface area contributed by atoms with E-state index in [-0.39, 0.29) is 0 Å². The quantitative estimate of drug-likeness (QED) is 0.603. The summed E-state index contributed by atoms with van der Waals surface area (Å²) < 4.78 is 0. The second kappa shape index (κ2) is 5.65. The molecule has 0 heterocycles. The molecule has 0 aliphatic rings. The fourth-order valence-corrected chi connectivity index (χ4v) is 2.18. The van der Waals surface area contributed by atoms with Crippen LogP contribution in [-0.2, 0) is 14.4 Å². The van der Waals surface area contributed by atoms with Gasteiger partial charge in [-0.15, -0.1) is 0 Å². The number of aldehydes is 1. The lowest BCUT2D eigenvalue weighted by atomic mass is 9.69. The van der Waals surface area contributed by atoms with Gasteiger partial charge in [0.15, 0.2) is 5.92 Å². The third-order valence-corrected chi connectivity index (χ3v) is 3.13. The number of carbonyl (C=O) groups is 3. The highest BCUT2D eigenvalue weighted by molar-refractivity contribution is 5.94. The van der Waals surface area contributed by atoms with Crippen LogP contribution in [0.1, 0.15) is 25.3 Å². The van der Waals surface area contributed by atoms with E-state index in [1.807, 2.05) is 0 Å². The third kappa shape index (κ3) is 3.19. The van der Waals surface area contributed by atoms with Crippen molar-refractivity contribution in [3.05, 3.63) is 35.9 Å². The van der Waals surface area contributed by atoms with Crippen LogP contribution in [0.4, 0.5) is 0 Å². The van der Waals surface area contributed by atoms with Crippen molar-refractivity contribution in [3.8, 4) is 0 Å². The molecular formula is C14H16O5. The number of benzene rings is 1. The van der Waals surface area contributed by atoms with Crippen molar-refractivity contribution in [3.63, 3.8) is 0 Å². The van der Waals surface area contributed by atoms with Crippen LogP contribution in [0.25, 0.3) is 0 Å². The van der Waals surface area contributed by atoms with E-state index in [4.69, 9.17) is 10.2 Å². The predicted octanol–water partition coefficient (Wildman–Crippen LogP) is 1.78. The molecule has 0 spiro atoms. The van der Waals surface area contributed by atoms with E-state index in [0.29, 0.717) is 11.8 Å². The van der Waals surface area contributed by atoms with E-state index in [1.165, 1.54) is 13.8 Å². The lowest BCUT2D eigenvalue weighted by Gasteiger charge is -2.32. The molecule has 0 saturated heterocycles. The molecule has 1 aromatic rings. The summed E-state index contributed by atoms with van der Waals surface area (Å²) in [7, 11) is 0. The van der Waals surface area contributed by atoms with Crippen molar-refractivity contribution in [2.45, 2.75) is 19.8 Å². The molecule has 1 atom stereocenters. The number of hydrogen-bond acceptors (Lipinski definition) is 3. The smallest absolute Gasteiger partial charge is 0.318 e. The second-order valence-electron chi connectivity index (χ2n) is 4.98. The monoisotopic (exact) mass is 264 g/mol. The molecule has 2 N–H and O–H groups in total. The zero-order valence-corrected chi connectivity index (χ0v) is 10.7. The highest BCUT2D eigenvalue weighted by Crippen LogP contribution is 2.40. The summed E-state index contributed by atoms with van der Waals surface area (Å²) in [5, 5.41) is 18.3. The van der Waals surface area contributed by atoms with E-state index in [1.54, 1.807) is 30.3 Å². The Morgan fingerprint density at radius 2 is 1.58 bits per heavy atom. The van der Waals surface area contributed by atoms with Crippen LogP contribution in [0.5, 0.6) is 0 Å². The lowest BCUT2D eigenvalue weighted by Crippen LogP contribution is -2.38. The number of carboxylic acid groups (broad SMARTS) is 2. The molecule has 102 valence electrons. The number of carboxylic acids is 2. The molecule has 0 aromatic heterocycles. The van der Waals surface area contributed by atoms with Gasteiger partial charge in [-0.05, 0) is 5.56 Å². The molecule has 5 nitrogen and oxygen atoms in total. The maximum atomic E-state index is 11.2. The minimum absolute atomic E-state index is 0.523. The Bertz CT molecular complexity index is 464. The molecule has 1 rings (SSSR count). The van der Waals surface area contributed by atoms with Crippen molar-refractivity contribution in [1.29, 1.82) is 0 Å². The Balaban J connectivity index is 3.39. The molecule has 5 heteroatoms. The van der Waals surface area contributed by atoms with E-state index < -0.39 is 29.2 Å². The molecule has 0 amide bonds. The Hall–Kier alpha value is -2.17. The van der Waals surface area contributed by atoms with Crippen molar-refractivity contribution >= 4 is 18.2 Å². The first-order valence-corrected chi connectivity index (χ1v) is 5.78. The van der Waals surface area contributed by atoms with Crippen LogP contribution >= 0.6 is 0 Å². The molecule has 1 aromatic carbocycles. The van der Waals surface area contributed by atoms with Crippen molar-refractivity contribution < 1.29 is 24.6 Å². The molecule has 0 unspecified atom stereocenters. The summed E-state index contributed by atoms with van der Waals surface area (Å²) in [4.78, 5) is 33.6. The van der Waals surface area contributed by atoms with Crippen LogP contribution in [0.15, 0.2) is 30.3 Å². The molecule has 0 aliphatic heterocycles. The van der Waals surface area contributed by atoms with Gasteiger partial charge in [0.2, 0.25) is 0 Å². The maximum Gasteiger partial charge on any atom is 0.318 e. The first-order valence-electron chi connectivity index (χ1n) is 5.78. The fraction of sp³-hybridized carbons (Fsp3) is 0.357. The minimum Gasteiger partial charge on any atom is -0.481 e. The summed E-state index contributed by atoms with van der Waals surface area (Å²) >= 11 is 0. The van der Waals surface area contributed by atoms with E-state index in [0.717, 1.165) is 0 Å². The first-order chi connectivity index (χ1) is 8.81. The topological polar surface area (TPSA) is 91.7 Å². The van der Waals surface area contributed by atoms with Gasteiger partial charge in [0.05, 0.1) is 0 Å². The number of hydrogen-bond donors (Lipinski definition) is 2. The largest absolute Gasteiger partial charge is 0.481 e. The summed E-state index contributed by atoms with van der Waals surface area (Å²) in [6.45, 7) is 3.08. The van der Waals surface area contributed by atoms with Gasteiger partial charge in [-0.1, -0.05) is 44.2 Å². The molecule has 0 aliphatic carbocycles. The number of carbonyl (C=O) groups excluding carboxylic acids is 1. The molecule has 0 fully saturated rings. The normalized spacial score (nSPS) is 13.0. The van der Waals surface area contributed by atoms with Crippen LogP contribution in [0.3, 0.4) is 0 Å². The Morgan fingerprint density at radius 3 is 1.95 bits per heavy atom. The van der Waals surface area contributed by atoms with E-state index in [2.05, 4.69) is 0 Å². The van der Waals surface area contributed by atoms with Gasteiger partial charge >= 0.3 is 11.9 Å². The van der Waals surface area contributed by atoms with Crippen molar-refractivity contribution in [1.82, 2.24) is 0 Å². The molecular weight excluding hydrogens is 248 g/mol. The Kier molecular flexibility index (Phi) is 4.43. The van der Waals surface area contributed by atoms with Gasteiger partial charge < -0.3 is 15.0 Å². The zero-order chi connectivity index (χ0) is 14.6. The molecule has 19 heavy (non-hydrogen) atoms. The summed E-state index contributed by atoms with van der Waals surface area (Å²) in [6.07, 6.45) is 0.601. The summed E-state index contributed by atoms with van der Waals surface area (Å²) in [5.41, 5.74) is -0.572. The molecule has 0 saturated carbocycles. The van der Waals surface area contributed by atoms with Crippen molar-refractivity contribution in [2.75, 3.05) is 0 Å². The van der Waals surface area contributed by atoms with Gasteiger partial charge in [-0.3, -0.25) is 9.59 Å². The van der Waals surface area contributed by atoms with E-state index in [9.17, 15) is 14.4 Å². The highest BCUT2D eigenvalue weighted by atomic mass is 16.4. The third-order valence-electron chi connectivity index (χ3n) is 3.13. The van der Waals surface area contributed by atoms with Gasteiger partial charge in [-0.25, -0.2) is 0 Å². The summed E-state index contributed by atoms with van der Waals surface area (Å²) in [5.74, 6) is -5.49. The predicted molar refractivity (Wildman–Crippen MR) is 67.8 cm³/mol. The summed E-state index contributed by atoms with van der Waals surface area (Å²) in [6, 6.07) is 8.38. The van der Waals surface area contributed by atoms with Crippen LogP contribution in [0, 0.1) is 11.3 Å². The standard InChI is InChI=1S/C14H16O5/c1-14(2,8-15)11(9-6-4-3-5-7-9)10(12(16)17)13(18)19/h3-8,10-11H,1-2H3,(H,16,17)(H,18,19)/t11-/m1/s1.